The molecule has 1 aliphatic rings. The highest BCUT2D eigenvalue weighted by Gasteiger charge is 2.21. The molecule has 0 aromatic rings. The number of carbonyl (C=O) groups excluding carboxylic acids is 1. The molecule has 0 spiro atoms. The van der Waals surface area contributed by atoms with E-state index in [1.54, 1.807) is 0 Å². The Labute approximate surface area is 124 Å². The van der Waals surface area contributed by atoms with Crippen LogP contribution in [0.4, 0.5) is 0 Å². The molecule has 4 nitrogen and oxygen atoms in total. The summed E-state index contributed by atoms with van der Waals surface area (Å²) in [6.45, 7) is 12.0. The van der Waals surface area contributed by atoms with E-state index >= 15 is 0 Å². The van der Waals surface area contributed by atoms with Crippen molar-refractivity contribution in [3.05, 3.63) is 0 Å². The number of hydrogen-bond acceptors (Lipinski definition) is 3. The van der Waals surface area contributed by atoms with Gasteiger partial charge in [0.15, 0.2) is 0 Å². The standard InChI is InChI=1S/C16H33N3O/c1-4-10-18(13-15-8-7-9-17-15)14-16(20)19(11-5-2)12-6-3/h15,17H,4-14H2,1-3H3. The van der Waals surface area contributed by atoms with Crippen LogP contribution in [0.5, 0.6) is 0 Å². The molecule has 1 saturated heterocycles. The third-order valence-electron chi connectivity index (χ3n) is 3.88. The van der Waals surface area contributed by atoms with Gasteiger partial charge in [-0.3, -0.25) is 9.69 Å². The molecule has 1 heterocycles. The van der Waals surface area contributed by atoms with Crippen molar-refractivity contribution in [2.75, 3.05) is 39.3 Å². The Morgan fingerprint density at radius 1 is 1.10 bits per heavy atom. The molecule has 1 fully saturated rings. The van der Waals surface area contributed by atoms with Crippen LogP contribution in [0.3, 0.4) is 0 Å². The van der Waals surface area contributed by atoms with Crippen molar-refractivity contribution in [2.45, 2.75) is 58.9 Å². The van der Waals surface area contributed by atoms with Crippen LogP contribution in [0.25, 0.3) is 0 Å². The number of hydrogen-bond donors (Lipinski definition) is 1. The van der Waals surface area contributed by atoms with Gasteiger partial charge in [0.2, 0.25) is 5.91 Å². The van der Waals surface area contributed by atoms with Gasteiger partial charge >= 0.3 is 0 Å². The van der Waals surface area contributed by atoms with E-state index in [4.69, 9.17) is 0 Å². The minimum atomic E-state index is 0.306. The van der Waals surface area contributed by atoms with Gasteiger partial charge < -0.3 is 10.2 Å². The topological polar surface area (TPSA) is 35.6 Å². The van der Waals surface area contributed by atoms with Gasteiger partial charge in [-0.15, -0.1) is 0 Å². The van der Waals surface area contributed by atoms with Gasteiger partial charge in [-0.05, 0) is 45.2 Å². The van der Waals surface area contributed by atoms with Crippen molar-refractivity contribution in [1.29, 1.82) is 0 Å². The summed E-state index contributed by atoms with van der Waals surface area (Å²) in [7, 11) is 0. The summed E-state index contributed by atoms with van der Waals surface area (Å²) in [5, 5.41) is 3.53. The molecule has 1 atom stereocenters. The minimum Gasteiger partial charge on any atom is -0.342 e. The SMILES string of the molecule is CCCN(CC(=O)N(CCC)CCC)CC1CCCN1. The smallest absolute Gasteiger partial charge is 0.236 e. The molecule has 1 unspecified atom stereocenters. The molecule has 0 aliphatic carbocycles. The summed E-state index contributed by atoms with van der Waals surface area (Å²) in [5.41, 5.74) is 0. The van der Waals surface area contributed by atoms with Crippen molar-refractivity contribution in [3.63, 3.8) is 0 Å². The van der Waals surface area contributed by atoms with Crippen molar-refractivity contribution in [1.82, 2.24) is 15.1 Å². The summed E-state index contributed by atoms with van der Waals surface area (Å²) in [4.78, 5) is 16.8. The van der Waals surface area contributed by atoms with Crippen LogP contribution < -0.4 is 5.32 Å². The van der Waals surface area contributed by atoms with E-state index < -0.39 is 0 Å². The average Bonchev–Trinajstić information content (AvgIpc) is 2.91. The molecule has 0 radical (unpaired) electrons. The summed E-state index contributed by atoms with van der Waals surface area (Å²) in [5.74, 6) is 0.306. The Morgan fingerprint density at radius 2 is 1.75 bits per heavy atom. The third-order valence-corrected chi connectivity index (χ3v) is 3.88. The summed E-state index contributed by atoms with van der Waals surface area (Å²) >= 11 is 0. The van der Waals surface area contributed by atoms with E-state index in [0.29, 0.717) is 18.5 Å². The van der Waals surface area contributed by atoms with Crippen LogP contribution in [-0.2, 0) is 4.79 Å². The summed E-state index contributed by atoms with van der Waals surface area (Å²) in [6.07, 6.45) is 5.73. The van der Waals surface area contributed by atoms with Crippen molar-refractivity contribution < 1.29 is 4.79 Å². The normalized spacial score (nSPS) is 18.7. The molecule has 0 aromatic carbocycles. The second-order valence-electron chi connectivity index (χ2n) is 5.91. The third kappa shape index (κ3) is 6.23. The first kappa shape index (κ1) is 17.4. The Morgan fingerprint density at radius 3 is 2.25 bits per heavy atom. The lowest BCUT2D eigenvalue weighted by Gasteiger charge is -2.28. The van der Waals surface area contributed by atoms with Crippen LogP contribution >= 0.6 is 0 Å². The molecule has 1 amide bonds. The first-order chi connectivity index (χ1) is 9.71. The van der Waals surface area contributed by atoms with Crippen LogP contribution in [0.2, 0.25) is 0 Å². The van der Waals surface area contributed by atoms with Gasteiger partial charge in [0, 0.05) is 25.7 Å². The molecule has 0 bridgehead atoms. The first-order valence-corrected chi connectivity index (χ1v) is 8.44. The van der Waals surface area contributed by atoms with Crippen molar-refractivity contribution in [3.8, 4) is 0 Å². The molecule has 1 N–H and O–H groups in total. The Hall–Kier alpha value is -0.610. The molecular formula is C16H33N3O. The monoisotopic (exact) mass is 283 g/mol. The van der Waals surface area contributed by atoms with Gasteiger partial charge in [-0.1, -0.05) is 20.8 Å². The Bertz CT molecular complexity index is 258. The van der Waals surface area contributed by atoms with Crippen LogP contribution in [0.1, 0.15) is 52.9 Å². The maximum Gasteiger partial charge on any atom is 0.236 e. The highest BCUT2D eigenvalue weighted by Crippen LogP contribution is 2.08. The molecule has 1 aliphatic heterocycles. The largest absolute Gasteiger partial charge is 0.342 e. The van der Waals surface area contributed by atoms with Crippen LogP contribution in [-0.4, -0.2) is 61.0 Å². The molecule has 118 valence electrons. The lowest BCUT2D eigenvalue weighted by molar-refractivity contribution is -0.132. The number of nitrogens with zero attached hydrogens (tertiary/aromatic N) is 2. The number of nitrogens with one attached hydrogen (secondary N) is 1. The second-order valence-corrected chi connectivity index (χ2v) is 5.91. The van der Waals surface area contributed by atoms with E-state index in [9.17, 15) is 4.79 Å². The van der Waals surface area contributed by atoms with Crippen molar-refractivity contribution >= 4 is 5.91 Å². The zero-order valence-electron chi connectivity index (χ0n) is 13.7. The van der Waals surface area contributed by atoms with E-state index in [1.165, 1.54) is 12.8 Å². The van der Waals surface area contributed by atoms with Crippen LogP contribution in [0, 0.1) is 0 Å². The van der Waals surface area contributed by atoms with E-state index in [-0.39, 0.29) is 0 Å². The van der Waals surface area contributed by atoms with Crippen molar-refractivity contribution in [2.24, 2.45) is 0 Å². The van der Waals surface area contributed by atoms with Crippen LogP contribution in [0.15, 0.2) is 0 Å². The highest BCUT2D eigenvalue weighted by atomic mass is 16.2. The number of amides is 1. The Kier molecular flexibility index (Phi) is 8.86. The number of rotatable bonds is 10. The van der Waals surface area contributed by atoms with E-state index in [2.05, 4.69) is 31.0 Å². The molecule has 20 heavy (non-hydrogen) atoms. The molecular weight excluding hydrogens is 250 g/mol. The van der Waals surface area contributed by atoms with Gasteiger partial charge in [0.1, 0.15) is 0 Å². The fourth-order valence-electron chi connectivity index (χ4n) is 2.97. The zero-order valence-corrected chi connectivity index (χ0v) is 13.7. The highest BCUT2D eigenvalue weighted by molar-refractivity contribution is 5.78. The van der Waals surface area contributed by atoms with E-state index in [0.717, 1.165) is 52.0 Å². The average molecular weight is 283 g/mol. The first-order valence-electron chi connectivity index (χ1n) is 8.44. The fraction of sp³-hybridized carbons (Fsp3) is 0.938. The maximum absolute atomic E-state index is 12.4. The Balaban J connectivity index is 2.46. The predicted octanol–water partition coefficient (Wildman–Crippen LogP) is 2.10. The zero-order chi connectivity index (χ0) is 14.8. The molecule has 0 saturated carbocycles. The quantitative estimate of drug-likeness (QED) is 0.667. The molecule has 0 aromatic heterocycles. The molecule has 1 rings (SSSR count). The summed E-state index contributed by atoms with van der Waals surface area (Å²) < 4.78 is 0. The summed E-state index contributed by atoms with van der Waals surface area (Å²) in [6, 6.07) is 0.583. The predicted molar refractivity (Wildman–Crippen MR) is 84.9 cm³/mol. The van der Waals surface area contributed by atoms with Gasteiger partial charge in [0.05, 0.1) is 6.54 Å². The minimum absolute atomic E-state index is 0.306. The van der Waals surface area contributed by atoms with Gasteiger partial charge in [-0.25, -0.2) is 0 Å². The second kappa shape index (κ2) is 10.2. The lowest BCUT2D eigenvalue weighted by atomic mass is 10.2. The van der Waals surface area contributed by atoms with E-state index in [1.807, 2.05) is 4.90 Å². The maximum atomic E-state index is 12.4. The lowest BCUT2D eigenvalue weighted by Crippen LogP contribution is -2.45. The van der Waals surface area contributed by atoms with Gasteiger partial charge in [-0.2, -0.15) is 0 Å². The molecule has 4 heteroatoms. The fourth-order valence-corrected chi connectivity index (χ4v) is 2.97. The van der Waals surface area contributed by atoms with Gasteiger partial charge in [0.25, 0.3) is 0 Å². The number of carbonyl (C=O) groups is 1.